The molecule has 0 unspecified atom stereocenters. The van der Waals surface area contributed by atoms with E-state index in [-0.39, 0.29) is 0 Å². The normalized spacial score (nSPS) is 11.5. The van der Waals surface area contributed by atoms with Gasteiger partial charge >= 0.3 is 0 Å². The zero-order chi connectivity index (χ0) is 11.9. The summed E-state index contributed by atoms with van der Waals surface area (Å²) < 4.78 is 0. The number of nitrogens with zero attached hydrogens (tertiary/aromatic N) is 1. The molecule has 0 fully saturated rings. The molecule has 0 bridgehead atoms. The zero-order valence-electron chi connectivity index (χ0n) is 10.1. The van der Waals surface area contributed by atoms with E-state index in [4.69, 9.17) is 4.99 Å². The summed E-state index contributed by atoms with van der Waals surface area (Å²) in [5.74, 6) is 0. The van der Waals surface area contributed by atoms with Crippen molar-refractivity contribution >= 4 is 11.4 Å². The number of hydrogen-bond donors (Lipinski definition) is 0. The van der Waals surface area contributed by atoms with E-state index in [2.05, 4.69) is 31.2 Å². The lowest BCUT2D eigenvalue weighted by Gasteiger charge is -2.05. The molecule has 0 saturated heterocycles. The molecule has 0 atom stereocenters. The van der Waals surface area contributed by atoms with Crippen LogP contribution in [0.25, 0.3) is 0 Å². The van der Waals surface area contributed by atoms with Crippen molar-refractivity contribution in [2.24, 2.45) is 4.99 Å². The summed E-state index contributed by atoms with van der Waals surface area (Å²) in [5, 5.41) is 0. The number of para-hydroxylation sites is 1. The smallest absolute Gasteiger partial charge is 0.0633 e. The Morgan fingerprint density at radius 1 is 0.882 bits per heavy atom. The maximum Gasteiger partial charge on any atom is 0.0633 e. The molecule has 86 valence electrons. The molecule has 0 aliphatic rings. The molecule has 2 aromatic rings. The van der Waals surface area contributed by atoms with E-state index < -0.39 is 0 Å². The molecule has 0 spiro atoms. The number of aliphatic imine (C=N–C) groups is 1. The predicted molar refractivity (Wildman–Crippen MR) is 74.0 cm³/mol. The molecule has 0 aliphatic heterocycles. The Morgan fingerprint density at radius 2 is 1.47 bits per heavy atom. The van der Waals surface area contributed by atoms with Gasteiger partial charge in [-0.25, -0.2) is 0 Å². The third-order valence-corrected chi connectivity index (χ3v) is 2.61. The van der Waals surface area contributed by atoms with Gasteiger partial charge in [-0.15, -0.1) is 0 Å². The minimum absolute atomic E-state index is 1.01. The molecule has 0 aromatic heterocycles. The monoisotopic (exact) mass is 223 g/mol. The van der Waals surface area contributed by atoms with Crippen LogP contribution in [0.5, 0.6) is 0 Å². The number of hydrogen-bond acceptors (Lipinski definition) is 1. The minimum atomic E-state index is 1.01. The Kier molecular flexibility index (Phi) is 4.09. The Balaban J connectivity index is 2.33. The van der Waals surface area contributed by atoms with Crippen molar-refractivity contribution < 1.29 is 0 Å². The van der Waals surface area contributed by atoms with E-state index in [1.54, 1.807) is 0 Å². The highest BCUT2D eigenvalue weighted by Gasteiger charge is 2.01. The van der Waals surface area contributed by atoms with Crippen molar-refractivity contribution in [3.8, 4) is 0 Å². The second kappa shape index (κ2) is 6.00. The van der Waals surface area contributed by atoms with Gasteiger partial charge in [-0.05, 0) is 24.1 Å². The van der Waals surface area contributed by atoms with Crippen LogP contribution in [0.4, 0.5) is 5.69 Å². The first-order valence-electron chi connectivity index (χ1n) is 6.08. The molecule has 0 N–H and O–H groups in total. The van der Waals surface area contributed by atoms with Gasteiger partial charge in [0.15, 0.2) is 0 Å². The number of benzene rings is 2. The van der Waals surface area contributed by atoms with Crippen molar-refractivity contribution in [2.75, 3.05) is 0 Å². The van der Waals surface area contributed by atoms with E-state index in [9.17, 15) is 0 Å². The molecule has 0 aliphatic carbocycles. The van der Waals surface area contributed by atoms with Gasteiger partial charge in [0.25, 0.3) is 0 Å². The SMILES string of the molecule is CCCC(=Nc1ccccc1)c1ccccc1. The third-order valence-electron chi connectivity index (χ3n) is 2.61. The van der Waals surface area contributed by atoms with Crippen LogP contribution in [-0.4, -0.2) is 5.71 Å². The van der Waals surface area contributed by atoms with Crippen molar-refractivity contribution in [1.29, 1.82) is 0 Å². The Hall–Kier alpha value is -1.89. The van der Waals surface area contributed by atoms with Crippen molar-refractivity contribution in [3.05, 3.63) is 66.2 Å². The van der Waals surface area contributed by atoms with Crippen LogP contribution in [-0.2, 0) is 0 Å². The highest BCUT2D eigenvalue weighted by atomic mass is 14.7. The Bertz CT molecular complexity index is 471. The fourth-order valence-electron chi connectivity index (χ4n) is 1.79. The maximum atomic E-state index is 4.74. The summed E-state index contributed by atoms with van der Waals surface area (Å²) in [5.41, 5.74) is 3.41. The largest absolute Gasteiger partial charge is 0.253 e. The zero-order valence-corrected chi connectivity index (χ0v) is 10.1. The Labute approximate surface area is 103 Å². The molecule has 2 rings (SSSR count). The van der Waals surface area contributed by atoms with Crippen molar-refractivity contribution in [3.63, 3.8) is 0 Å². The Morgan fingerprint density at radius 3 is 2.06 bits per heavy atom. The lowest BCUT2D eigenvalue weighted by Crippen LogP contribution is -1.99. The van der Waals surface area contributed by atoms with Gasteiger partial charge in [0.1, 0.15) is 0 Å². The standard InChI is InChI=1S/C16H17N/c1-2-9-16(14-10-5-3-6-11-14)17-15-12-7-4-8-13-15/h3-8,10-13H,2,9H2,1H3. The van der Waals surface area contributed by atoms with E-state index in [1.807, 2.05) is 36.4 Å². The average molecular weight is 223 g/mol. The molecule has 0 saturated carbocycles. The van der Waals surface area contributed by atoms with E-state index in [1.165, 1.54) is 11.3 Å². The van der Waals surface area contributed by atoms with Gasteiger partial charge in [-0.3, -0.25) is 4.99 Å². The highest BCUT2D eigenvalue weighted by Crippen LogP contribution is 2.15. The molecule has 1 nitrogen and oxygen atoms in total. The first-order chi connectivity index (χ1) is 8.40. The fraction of sp³-hybridized carbons (Fsp3) is 0.188. The van der Waals surface area contributed by atoms with Crippen molar-refractivity contribution in [2.45, 2.75) is 19.8 Å². The van der Waals surface area contributed by atoms with Gasteiger partial charge in [-0.1, -0.05) is 61.9 Å². The van der Waals surface area contributed by atoms with Gasteiger partial charge in [0, 0.05) is 5.71 Å². The van der Waals surface area contributed by atoms with Crippen LogP contribution in [0, 0.1) is 0 Å². The molecule has 0 radical (unpaired) electrons. The predicted octanol–water partition coefficient (Wildman–Crippen LogP) is 4.61. The molecular weight excluding hydrogens is 206 g/mol. The van der Waals surface area contributed by atoms with Crippen LogP contribution >= 0.6 is 0 Å². The lowest BCUT2D eigenvalue weighted by molar-refractivity contribution is 0.992. The first-order valence-corrected chi connectivity index (χ1v) is 6.08. The highest BCUT2D eigenvalue weighted by molar-refractivity contribution is 6.01. The maximum absolute atomic E-state index is 4.74. The van der Waals surface area contributed by atoms with E-state index >= 15 is 0 Å². The summed E-state index contributed by atoms with van der Waals surface area (Å²) in [7, 11) is 0. The van der Waals surface area contributed by atoms with Gasteiger partial charge in [-0.2, -0.15) is 0 Å². The van der Waals surface area contributed by atoms with Crippen LogP contribution in [0.3, 0.4) is 0 Å². The van der Waals surface area contributed by atoms with E-state index in [0.29, 0.717) is 0 Å². The van der Waals surface area contributed by atoms with Crippen molar-refractivity contribution in [1.82, 2.24) is 0 Å². The van der Waals surface area contributed by atoms with Crippen LogP contribution in [0.2, 0.25) is 0 Å². The van der Waals surface area contributed by atoms with Gasteiger partial charge in [0.05, 0.1) is 5.69 Å². The second-order valence-electron chi connectivity index (χ2n) is 4.01. The summed E-state index contributed by atoms with van der Waals surface area (Å²) in [6.45, 7) is 2.18. The molecule has 1 heteroatoms. The summed E-state index contributed by atoms with van der Waals surface area (Å²) in [6, 6.07) is 20.5. The molecule has 0 amide bonds. The first kappa shape index (κ1) is 11.6. The van der Waals surface area contributed by atoms with Crippen LogP contribution < -0.4 is 0 Å². The van der Waals surface area contributed by atoms with E-state index in [0.717, 1.165) is 18.5 Å². The molecular formula is C16H17N. The van der Waals surface area contributed by atoms with Gasteiger partial charge < -0.3 is 0 Å². The van der Waals surface area contributed by atoms with Crippen LogP contribution in [0.1, 0.15) is 25.3 Å². The summed E-state index contributed by atoms with van der Waals surface area (Å²) in [4.78, 5) is 4.74. The fourth-order valence-corrected chi connectivity index (χ4v) is 1.79. The molecule has 0 heterocycles. The molecule has 2 aromatic carbocycles. The quantitative estimate of drug-likeness (QED) is 0.671. The third kappa shape index (κ3) is 3.28. The summed E-state index contributed by atoms with van der Waals surface area (Å²) in [6.07, 6.45) is 2.12. The minimum Gasteiger partial charge on any atom is -0.253 e. The topological polar surface area (TPSA) is 12.4 Å². The number of rotatable bonds is 4. The van der Waals surface area contributed by atoms with Gasteiger partial charge in [0.2, 0.25) is 0 Å². The average Bonchev–Trinajstić information content (AvgIpc) is 2.40. The van der Waals surface area contributed by atoms with Crippen LogP contribution in [0.15, 0.2) is 65.7 Å². The second-order valence-corrected chi connectivity index (χ2v) is 4.01. The summed E-state index contributed by atoms with van der Waals surface area (Å²) >= 11 is 0. The molecule has 17 heavy (non-hydrogen) atoms. The lowest BCUT2D eigenvalue weighted by atomic mass is 10.1.